The van der Waals surface area contributed by atoms with Crippen LogP contribution in [0.2, 0.25) is 0 Å². The maximum absolute atomic E-state index is 12.7. The molecule has 0 atom stereocenters. The molecule has 1 saturated heterocycles. The van der Waals surface area contributed by atoms with E-state index in [0.29, 0.717) is 16.6 Å². The van der Waals surface area contributed by atoms with Crippen molar-refractivity contribution in [3.8, 4) is 0 Å². The van der Waals surface area contributed by atoms with Crippen LogP contribution in [0.3, 0.4) is 0 Å². The smallest absolute Gasteiger partial charge is 0.269 e. The second kappa shape index (κ2) is 7.97. The predicted molar refractivity (Wildman–Crippen MR) is 104 cm³/mol. The Morgan fingerprint density at radius 3 is 2.46 bits per heavy atom. The average Bonchev–Trinajstić information content (AvgIpc) is 2.92. The van der Waals surface area contributed by atoms with E-state index >= 15 is 0 Å². The quantitative estimate of drug-likeness (QED) is 0.439. The van der Waals surface area contributed by atoms with Gasteiger partial charge in [-0.3, -0.25) is 19.8 Å². The number of para-hydroxylation sites is 1. The first-order valence-electron chi connectivity index (χ1n) is 8.18. The second-order valence-corrected chi connectivity index (χ2v) is 6.66. The Hall–Kier alpha value is -2.93. The Labute approximate surface area is 155 Å². The fourth-order valence-electron chi connectivity index (χ4n) is 2.47. The summed E-state index contributed by atoms with van der Waals surface area (Å²) in [6.07, 6.45) is 2.57. The zero-order valence-corrected chi connectivity index (χ0v) is 15.0. The van der Waals surface area contributed by atoms with Gasteiger partial charge in [0.15, 0.2) is 5.17 Å². The molecular formula is C19H17N3O3S. The lowest BCUT2D eigenvalue weighted by Gasteiger charge is -2.13. The van der Waals surface area contributed by atoms with Crippen molar-refractivity contribution in [2.75, 3.05) is 6.54 Å². The minimum absolute atomic E-state index is 0.0245. The lowest BCUT2D eigenvalue weighted by atomic mass is 10.2. The Morgan fingerprint density at radius 1 is 1.15 bits per heavy atom. The molecule has 0 spiro atoms. The number of rotatable bonds is 5. The molecule has 2 aromatic carbocycles. The molecule has 0 aliphatic carbocycles. The summed E-state index contributed by atoms with van der Waals surface area (Å²) in [5.74, 6) is -0.0927. The van der Waals surface area contributed by atoms with Crippen molar-refractivity contribution in [1.82, 2.24) is 4.90 Å². The topological polar surface area (TPSA) is 75.8 Å². The molecule has 1 amide bonds. The van der Waals surface area contributed by atoms with Crippen LogP contribution >= 0.6 is 11.8 Å². The van der Waals surface area contributed by atoms with E-state index in [-0.39, 0.29) is 11.6 Å². The van der Waals surface area contributed by atoms with Crippen LogP contribution in [0.25, 0.3) is 6.08 Å². The van der Waals surface area contributed by atoms with Crippen molar-refractivity contribution >= 4 is 40.3 Å². The average molecular weight is 367 g/mol. The Kier molecular flexibility index (Phi) is 5.48. The molecule has 7 heteroatoms. The van der Waals surface area contributed by atoms with E-state index in [0.717, 1.165) is 17.7 Å². The highest BCUT2D eigenvalue weighted by Gasteiger charge is 2.32. The third-order valence-corrected chi connectivity index (χ3v) is 4.72. The summed E-state index contributed by atoms with van der Waals surface area (Å²) in [5, 5.41) is 11.4. The molecule has 3 rings (SSSR count). The number of carbonyl (C=O) groups excluding carboxylic acids is 1. The number of amides is 1. The van der Waals surface area contributed by atoms with Crippen LogP contribution in [0, 0.1) is 10.1 Å². The number of hydrogen-bond acceptors (Lipinski definition) is 5. The monoisotopic (exact) mass is 367 g/mol. The highest BCUT2D eigenvalue weighted by atomic mass is 32.2. The summed E-state index contributed by atoms with van der Waals surface area (Å²) in [6.45, 7) is 2.60. The number of benzene rings is 2. The van der Waals surface area contributed by atoms with E-state index < -0.39 is 4.92 Å². The van der Waals surface area contributed by atoms with Gasteiger partial charge in [-0.25, -0.2) is 4.99 Å². The number of nitro benzene ring substituents is 1. The van der Waals surface area contributed by atoms with Crippen LogP contribution in [-0.2, 0) is 4.79 Å². The zero-order chi connectivity index (χ0) is 18.5. The zero-order valence-electron chi connectivity index (χ0n) is 14.2. The van der Waals surface area contributed by atoms with Gasteiger partial charge in [0, 0.05) is 18.7 Å². The Bertz CT molecular complexity index is 877. The molecule has 0 radical (unpaired) electrons. The maximum Gasteiger partial charge on any atom is 0.269 e. The summed E-state index contributed by atoms with van der Waals surface area (Å²) in [4.78, 5) is 29.9. The van der Waals surface area contributed by atoms with Gasteiger partial charge in [-0.15, -0.1) is 0 Å². The summed E-state index contributed by atoms with van der Waals surface area (Å²) < 4.78 is 0. The van der Waals surface area contributed by atoms with Crippen molar-refractivity contribution < 1.29 is 9.72 Å². The van der Waals surface area contributed by atoms with Crippen molar-refractivity contribution in [2.45, 2.75) is 13.3 Å². The lowest BCUT2D eigenvalue weighted by Crippen LogP contribution is -2.29. The molecule has 0 N–H and O–H groups in total. The highest BCUT2D eigenvalue weighted by Crippen LogP contribution is 2.34. The van der Waals surface area contributed by atoms with E-state index in [2.05, 4.69) is 4.99 Å². The Morgan fingerprint density at radius 2 is 1.85 bits per heavy atom. The number of carbonyl (C=O) groups is 1. The molecule has 26 heavy (non-hydrogen) atoms. The number of nitrogens with zero attached hydrogens (tertiary/aromatic N) is 3. The summed E-state index contributed by atoms with van der Waals surface area (Å²) in [7, 11) is 0. The van der Waals surface area contributed by atoms with Crippen LogP contribution < -0.4 is 0 Å². The molecule has 6 nitrogen and oxygen atoms in total. The van der Waals surface area contributed by atoms with E-state index in [9.17, 15) is 14.9 Å². The van der Waals surface area contributed by atoms with Gasteiger partial charge < -0.3 is 0 Å². The molecular weight excluding hydrogens is 350 g/mol. The van der Waals surface area contributed by atoms with Crippen LogP contribution in [0.4, 0.5) is 11.4 Å². The lowest BCUT2D eigenvalue weighted by molar-refractivity contribution is -0.384. The van der Waals surface area contributed by atoms with Crippen LogP contribution in [0.15, 0.2) is 64.5 Å². The number of thioether (sulfide) groups is 1. The first-order valence-corrected chi connectivity index (χ1v) is 8.99. The van der Waals surface area contributed by atoms with Crippen molar-refractivity contribution in [3.05, 3.63) is 75.2 Å². The predicted octanol–water partition coefficient (Wildman–Crippen LogP) is 4.61. The molecule has 0 saturated carbocycles. The summed E-state index contributed by atoms with van der Waals surface area (Å²) in [5.41, 5.74) is 1.56. The first-order chi connectivity index (χ1) is 12.6. The maximum atomic E-state index is 12.7. The van der Waals surface area contributed by atoms with Gasteiger partial charge in [0.2, 0.25) is 0 Å². The third kappa shape index (κ3) is 4.00. The van der Waals surface area contributed by atoms with Gasteiger partial charge in [0.25, 0.3) is 11.6 Å². The van der Waals surface area contributed by atoms with E-state index in [1.807, 2.05) is 37.3 Å². The number of non-ortho nitro benzene ring substituents is 1. The van der Waals surface area contributed by atoms with Crippen molar-refractivity contribution in [2.24, 2.45) is 4.99 Å². The van der Waals surface area contributed by atoms with E-state index in [1.165, 1.54) is 23.9 Å². The minimum atomic E-state index is -0.444. The van der Waals surface area contributed by atoms with Crippen molar-refractivity contribution in [3.63, 3.8) is 0 Å². The fourth-order valence-corrected chi connectivity index (χ4v) is 3.49. The van der Waals surface area contributed by atoms with Gasteiger partial charge in [-0.1, -0.05) is 25.1 Å². The van der Waals surface area contributed by atoms with Crippen LogP contribution in [-0.4, -0.2) is 27.4 Å². The van der Waals surface area contributed by atoms with Crippen LogP contribution in [0.1, 0.15) is 18.9 Å². The van der Waals surface area contributed by atoms with Crippen LogP contribution in [0.5, 0.6) is 0 Å². The minimum Gasteiger partial charge on any atom is -0.286 e. The normalized spacial score (nSPS) is 17.3. The third-order valence-electron chi connectivity index (χ3n) is 3.72. The van der Waals surface area contributed by atoms with Gasteiger partial charge in [0.05, 0.1) is 15.5 Å². The number of amidine groups is 1. The molecule has 0 aromatic heterocycles. The van der Waals surface area contributed by atoms with Gasteiger partial charge >= 0.3 is 0 Å². The van der Waals surface area contributed by atoms with E-state index in [1.54, 1.807) is 23.1 Å². The molecule has 1 heterocycles. The molecule has 1 aliphatic rings. The first kappa shape index (κ1) is 17.9. The SMILES string of the molecule is CCCN1C(=O)/C(=C/c2ccc([N+](=O)[O-])cc2)SC1=Nc1ccccc1. The molecule has 2 aromatic rings. The molecule has 1 aliphatic heterocycles. The number of hydrogen-bond donors (Lipinski definition) is 0. The van der Waals surface area contributed by atoms with Crippen molar-refractivity contribution in [1.29, 1.82) is 0 Å². The van der Waals surface area contributed by atoms with Gasteiger partial charge in [-0.2, -0.15) is 0 Å². The molecule has 132 valence electrons. The standard InChI is InChI=1S/C19H17N3O3S/c1-2-12-21-18(23)17(13-14-8-10-16(11-9-14)22(24)25)26-19(21)20-15-6-4-3-5-7-15/h3-11,13H,2,12H2,1H3/b17-13-,20-19?. The second-order valence-electron chi connectivity index (χ2n) is 5.65. The molecule has 0 unspecified atom stereocenters. The van der Waals surface area contributed by atoms with Gasteiger partial charge in [0.1, 0.15) is 0 Å². The number of aliphatic imine (C=N–C) groups is 1. The highest BCUT2D eigenvalue weighted by molar-refractivity contribution is 8.18. The summed E-state index contributed by atoms with van der Waals surface area (Å²) in [6, 6.07) is 15.6. The largest absolute Gasteiger partial charge is 0.286 e. The molecule has 1 fully saturated rings. The fraction of sp³-hybridized carbons (Fsp3) is 0.158. The summed E-state index contributed by atoms with van der Waals surface area (Å²) >= 11 is 1.32. The van der Waals surface area contributed by atoms with Gasteiger partial charge in [-0.05, 0) is 54.1 Å². The Balaban J connectivity index is 1.90. The number of nitro groups is 1. The van der Waals surface area contributed by atoms with E-state index in [4.69, 9.17) is 0 Å². The molecule has 0 bridgehead atoms.